The molecule has 0 fully saturated rings. The lowest BCUT2D eigenvalue weighted by Gasteiger charge is -2.28. The lowest BCUT2D eigenvalue weighted by Crippen LogP contribution is -2.37. The van der Waals surface area contributed by atoms with Crippen LogP contribution in [0, 0.1) is 0 Å². The lowest BCUT2D eigenvalue weighted by atomic mass is 9.99. The topological polar surface area (TPSA) is 153 Å². The third-order valence-corrected chi connectivity index (χ3v) is 6.03. The summed E-state index contributed by atoms with van der Waals surface area (Å²) in [6, 6.07) is 11.0. The highest BCUT2D eigenvalue weighted by Gasteiger charge is 2.22. The second-order valence-electron chi connectivity index (χ2n) is 9.38. The van der Waals surface area contributed by atoms with Crippen molar-refractivity contribution in [3.63, 3.8) is 0 Å². The van der Waals surface area contributed by atoms with Crippen LogP contribution in [-0.4, -0.2) is 61.6 Å². The molecular formula is C27H31N7O4. The largest absolute Gasteiger partial charge is 0.387 e. The number of hydrogen-bond acceptors (Lipinski definition) is 9. The summed E-state index contributed by atoms with van der Waals surface area (Å²) in [7, 11) is 0. The average molecular weight is 518 g/mol. The van der Waals surface area contributed by atoms with Crippen molar-refractivity contribution in [1.29, 1.82) is 0 Å². The maximum Gasteiger partial charge on any atom is 0.256 e. The van der Waals surface area contributed by atoms with Gasteiger partial charge in [-0.1, -0.05) is 18.2 Å². The first-order valence-corrected chi connectivity index (χ1v) is 12.2. The number of aromatic nitrogens is 3. The van der Waals surface area contributed by atoms with Gasteiger partial charge in [-0.05, 0) is 55.7 Å². The molecule has 0 atom stereocenters. The van der Waals surface area contributed by atoms with Gasteiger partial charge in [0.05, 0.1) is 5.69 Å². The Kier molecular flexibility index (Phi) is 7.99. The molecule has 38 heavy (non-hydrogen) atoms. The molecule has 0 saturated heterocycles. The molecule has 2 amide bonds. The van der Waals surface area contributed by atoms with Crippen LogP contribution in [0.25, 0.3) is 0 Å². The maximum absolute atomic E-state index is 12.8. The van der Waals surface area contributed by atoms with Crippen LogP contribution in [0.1, 0.15) is 41.0 Å². The molecule has 2 aromatic heterocycles. The molecule has 0 unspecified atom stereocenters. The normalized spacial score (nSPS) is 12.9. The maximum atomic E-state index is 12.8. The summed E-state index contributed by atoms with van der Waals surface area (Å²) in [6.07, 6.45) is 3.69. The van der Waals surface area contributed by atoms with Crippen LogP contribution < -0.4 is 16.0 Å². The SMILES string of the molecule is C=CCNC(=O)c1cnc(Nc2ccc3c(c2)CN(C(=O)CO)CC3)nc1Nc1cccc(C(C)(C)O)n1. The summed E-state index contributed by atoms with van der Waals surface area (Å²) in [6.45, 7) is 7.62. The van der Waals surface area contributed by atoms with Crippen LogP contribution in [0.5, 0.6) is 0 Å². The Morgan fingerprint density at radius 1 is 1.16 bits per heavy atom. The summed E-state index contributed by atoms with van der Waals surface area (Å²) in [4.78, 5) is 39.6. The third-order valence-electron chi connectivity index (χ3n) is 6.03. The van der Waals surface area contributed by atoms with Crippen LogP contribution in [0.15, 0.2) is 55.3 Å². The summed E-state index contributed by atoms with van der Waals surface area (Å²) in [5.41, 5.74) is 2.32. The molecule has 0 bridgehead atoms. The predicted octanol–water partition coefficient (Wildman–Crippen LogP) is 2.38. The van der Waals surface area contributed by atoms with Crippen molar-refractivity contribution >= 4 is 35.1 Å². The van der Waals surface area contributed by atoms with Gasteiger partial charge in [-0.3, -0.25) is 9.59 Å². The number of nitrogens with zero attached hydrogens (tertiary/aromatic N) is 4. The van der Waals surface area contributed by atoms with Gasteiger partial charge in [0, 0.05) is 31.5 Å². The van der Waals surface area contributed by atoms with Crippen LogP contribution in [0.4, 0.5) is 23.3 Å². The number of hydrogen-bond donors (Lipinski definition) is 5. The van der Waals surface area contributed by atoms with Gasteiger partial charge in [0.2, 0.25) is 11.9 Å². The van der Waals surface area contributed by atoms with E-state index in [1.54, 1.807) is 43.0 Å². The highest BCUT2D eigenvalue weighted by atomic mass is 16.3. The molecule has 198 valence electrons. The summed E-state index contributed by atoms with van der Waals surface area (Å²) in [5, 5.41) is 28.5. The number of fused-ring (bicyclic) bond motifs is 1. The fourth-order valence-electron chi connectivity index (χ4n) is 4.01. The molecular weight excluding hydrogens is 486 g/mol. The predicted molar refractivity (Wildman–Crippen MR) is 143 cm³/mol. The van der Waals surface area contributed by atoms with Gasteiger partial charge in [0.1, 0.15) is 29.4 Å². The zero-order valence-electron chi connectivity index (χ0n) is 21.4. The molecule has 11 nitrogen and oxygen atoms in total. The fourth-order valence-corrected chi connectivity index (χ4v) is 4.01. The van der Waals surface area contributed by atoms with E-state index >= 15 is 0 Å². The standard InChI is InChI=1S/C27H31N7O4/c1-4-11-28-25(37)20-14-29-26(33-24(20)32-22-7-5-6-21(31-22)27(2,3)38)30-19-9-8-17-10-12-34(23(36)16-35)15-18(17)13-19/h4-9,13-14,35,38H,1,10-12,15-16H2,2-3H3,(H,28,37)(H2,29,30,31,32,33). The van der Waals surface area contributed by atoms with Crippen molar-refractivity contribution in [3.05, 3.63) is 77.6 Å². The van der Waals surface area contributed by atoms with Crippen LogP contribution in [-0.2, 0) is 23.4 Å². The van der Waals surface area contributed by atoms with Crippen molar-refractivity contribution in [2.24, 2.45) is 0 Å². The van der Waals surface area contributed by atoms with Gasteiger partial charge in [0.25, 0.3) is 5.91 Å². The van der Waals surface area contributed by atoms with E-state index in [1.165, 1.54) is 6.20 Å². The number of aliphatic hydroxyl groups is 2. The third kappa shape index (κ3) is 6.31. The zero-order valence-corrected chi connectivity index (χ0v) is 21.4. The first-order valence-electron chi connectivity index (χ1n) is 12.2. The van der Waals surface area contributed by atoms with E-state index in [2.05, 4.69) is 37.5 Å². The Morgan fingerprint density at radius 3 is 2.71 bits per heavy atom. The molecule has 0 spiro atoms. The first kappa shape index (κ1) is 26.7. The number of nitrogens with one attached hydrogen (secondary N) is 3. The minimum absolute atomic E-state index is 0.205. The molecule has 1 aliphatic heterocycles. The smallest absolute Gasteiger partial charge is 0.256 e. The lowest BCUT2D eigenvalue weighted by molar-refractivity contribution is -0.135. The molecule has 0 saturated carbocycles. The number of amides is 2. The Labute approximate surface area is 220 Å². The number of carbonyl (C=O) groups is 2. The number of pyridine rings is 1. The van der Waals surface area contributed by atoms with Gasteiger partial charge >= 0.3 is 0 Å². The van der Waals surface area contributed by atoms with Crippen molar-refractivity contribution in [2.45, 2.75) is 32.4 Å². The van der Waals surface area contributed by atoms with Gasteiger partial charge < -0.3 is 31.1 Å². The van der Waals surface area contributed by atoms with Gasteiger partial charge in [-0.15, -0.1) is 6.58 Å². The van der Waals surface area contributed by atoms with E-state index in [4.69, 9.17) is 0 Å². The molecule has 3 aromatic rings. The van der Waals surface area contributed by atoms with Crippen LogP contribution in [0.2, 0.25) is 0 Å². The summed E-state index contributed by atoms with van der Waals surface area (Å²) in [5.74, 6) is 0.169. The van der Waals surface area contributed by atoms with E-state index in [9.17, 15) is 19.8 Å². The van der Waals surface area contributed by atoms with Crippen LogP contribution in [0.3, 0.4) is 0 Å². The molecule has 1 aromatic carbocycles. The molecule has 5 N–H and O–H groups in total. The summed E-state index contributed by atoms with van der Waals surface area (Å²) >= 11 is 0. The second-order valence-corrected chi connectivity index (χ2v) is 9.38. The number of carbonyl (C=O) groups excluding carboxylic acids is 2. The van der Waals surface area contributed by atoms with Crippen LogP contribution >= 0.6 is 0 Å². The number of rotatable bonds is 9. The van der Waals surface area contributed by atoms with Gasteiger partial charge in [-0.25, -0.2) is 9.97 Å². The number of benzene rings is 1. The van der Waals surface area contributed by atoms with E-state index < -0.39 is 12.2 Å². The fraction of sp³-hybridized carbons (Fsp3) is 0.296. The molecule has 3 heterocycles. The highest BCUT2D eigenvalue weighted by Crippen LogP contribution is 2.26. The molecule has 11 heteroatoms. The van der Waals surface area contributed by atoms with E-state index in [0.29, 0.717) is 36.7 Å². The number of anilines is 4. The van der Waals surface area contributed by atoms with Crippen molar-refractivity contribution in [3.8, 4) is 0 Å². The quantitative estimate of drug-likeness (QED) is 0.269. The highest BCUT2D eigenvalue weighted by molar-refractivity contribution is 5.99. The van der Waals surface area contributed by atoms with Crippen molar-refractivity contribution in [2.75, 3.05) is 30.3 Å². The van der Waals surface area contributed by atoms with E-state index in [1.807, 2.05) is 18.2 Å². The Balaban J connectivity index is 1.62. The zero-order chi connectivity index (χ0) is 27.3. The minimum Gasteiger partial charge on any atom is -0.387 e. The van der Waals surface area contributed by atoms with Gasteiger partial charge in [-0.2, -0.15) is 4.98 Å². The first-order chi connectivity index (χ1) is 18.2. The molecule has 1 aliphatic rings. The summed E-state index contributed by atoms with van der Waals surface area (Å²) < 4.78 is 0. The van der Waals surface area contributed by atoms with Crippen molar-refractivity contribution in [1.82, 2.24) is 25.2 Å². The molecule has 0 aliphatic carbocycles. The van der Waals surface area contributed by atoms with Gasteiger partial charge in [0.15, 0.2) is 0 Å². The average Bonchev–Trinajstić information content (AvgIpc) is 2.90. The Morgan fingerprint density at radius 2 is 1.97 bits per heavy atom. The van der Waals surface area contributed by atoms with E-state index in [-0.39, 0.29) is 35.7 Å². The monoisotopic (exact) mass is 517 g/mol. The Bertz CT molecular complexity index is 1350. The second kappa shape index (κ2) is 11.4. The minimum atomic E-state index is -1.15. The molecule has 4 rings (SSSR count). The van der Waals surface area contributed by atoms with E-state index in [0.717, 1.165) is 11.1 Å². The van der Waals surface area contributed by atoms with Crippen molar-refractivity contribution < 1.29 is 19.8 Å². The number of aliphatic hydroxyl groups excluding tert-OH is 1. The molecule has 0 radical (unpaired) electrons. The Hall–Kier alpha value is -4.35.